The lowest BCUT2D eigenvalue weighted by Crippen LogP contribution is -2.30. The molecule has 0 bridgehead atoms. The van der Waals surface area contributed by atoms with Crippen LogP contribution in [0.1, 0.15) is 31.2 Å². The molecule has 8 nitrogen and oxygen atoms in total. The molecule has 1 aliphatic heterocycles. The lowest BCUT2D eigenvalue weighted by atomic mass is 9.81. The summed E-state index contributed by atoms with van der Waals surface area (Å²) in [7, 11) is -1.20. The summed E-state index contributed by atoms with van der Waals surface area (Å²) in [6.45, 7) is 0.0336. The molecule has 1 aliphatic carbocycles. The maximum absolute atomic E-state index is 13.2. The van der Waals surface area contributed by atoms with Gasteiger partial charge in [0.15, 0.2) is 0 Å². The highest BCUT2D eigenvalue weighted by Gasteiger charge is 2.47. The highest BCUT2D eigenvalue weighted by molar-refractivity contribution is 7.92. The summed E-state index contributed by atoms with van der Waals surface area (Å²) in [4.78, 5) is 26.8. The third kappa shape index (κ3) is 4.04. The largest absolute Gasteiger partial charge is 0.495 e. The number of imide groups is 1. The van der Waals surface area contributed by atoms with Crippen LogP contribution < -0.4 is 14.2 Å². The van der Waals surface area contributed by atoms with Gasteiger partial charge in [-0.05, 0) is 42.7 Å². The van der Waals surface area contributed by atoms with Crippen molar-refractivity contribution in [2.45, 2.75) is 37.1 Å². The van der Waals surface area contributed by atoms with E-state index >= 15 is 0 Å². The number of likely N-dealkylation sites (tertiary alicyclic amines) is 1. The minimum atomic E-state index is -4.04. The minimum Gasteiger partial charge on any atom is -0.495 e. The molecule has 2 amide bonds. The molecule has 32 heavy (non-hydrogen) atoms. The van der Waals surface area contributed by atoms with Crippen LogP contribution in [0.15, 0.2) is 47.4 Å². The number of carbonyl (C=O) groups is 2. The van der Waals surface area contributed by atoms with Crippen molar-refractivity contribution in [2.75, 3.05) is 18.9 Å². The highest BCUT2D eigenvalue weighted by Crippen LogP contribution is 2.39. The molecule has 170 valence electrons. The molecular weight excluding hydrogens is 432 g/mol. The number of nitrogens with zero attached hydrogens (tertiary/aromatic N) is 1. The zero-order valence-corrected chi connectivity index (χ0v) is 18.9. The van der Waals surface area contributed by atoms with Gasteiger partial charge in [0.25, 0.3) is 10.0 Å². The van der Waals surface area contributed by atoms with Crippen molar-refractivity contribution in [1.82, 2.24) is 4.90 Å². The SMILES string of the molecule is COc1ccccc1NS(=O)(=O)c1cc(CN2C(=O)[C@H]3CCCC[C@@H]3C2=O)ccc1OC. The second-order valence-electron chi connectivity index (χ2n) is 8.05. The van der Waals surface area contributed by atoms with Crippen LogP contribution in [0.5, 0.6) is 11.5 Å². The number of amides is 2. The first-order valence-corrected chi connectivity index (χ1v) is 12.0. The average molecular weight is 459 g/mol. The van der Waals surface area contributed by atoms with Crippen LogP contribution in [-0.2, 0) is 26.2 Å². The number of anilines is 1. The molecule has 2 fully saturated rings. The van der Waals surface area contributed by atoms with E-state index in [1.807, 2.05) is 0 Å². The third-order valence-corrected chi connectivity index (χ3v) is 7.53. The number of benzene rings is 2. The number of carbonyl (C=O) groups excluding carboxylic acids is 2. The first-order chi connectivity index (χ1) is 15.4. The predicted molar refractivity (Wildman–Crippen MR) is 118 cm³/mol. The van der Waals surface area contributed by atoms with Gasteiger partial charge in [-0.3, -0.25) is 19.2 Å². The van der Waals surface area contributed by atoms with Gasteiger partial charge in [-0.15, -0.1) is 0 Å². The fraction of sp³-hybridized carbons (Fsp3) is 0.391. The maximum Gasteiger partial charge on any atom is 0.265 e. The van der Waals surface area contributed by atoms with Crippen molar-refractivity contribution in [3.05, 3.63) is 48.0 Å². The number of hydrogen-bond acceptors (Lipinski definition) is 6. The molecule has 1 saturated heterocycles. The van der Waals surface area contributed by atoms with Gasteiger partial charge in [-0.2, -0.15) is 0 Å². The molecule has 2 atom stereocenters. The first kappa shape index (κ1) is 22.1. The van der Waals surface area contributed by atoms with Gasteiger partial charge in [0.05, 0.1) is 38.3 Å². The molecule has 1 N–H and O–H groups in total. The van der Waals surface area contributed by atoms with Crippen molar-refractivity contribution >= 4 is 27.5 Å². The number of hydrogen-bond donors (Lipinski definition) is 1. The topological polar surface area (TPSA) is 102 Å². The van der Waals surface area contributed by atoms with E-state index in [0.29, 0.717) is 11.3 Å². The van der Waals surface area contributed by atoms with Crippen molar-refractivity contribution in [2.24, 2.45) is 11.8 Å². The molecule has 0 spiro atoms. The van der Waals surface area contributed by atoms with Crippen LogP contribution in [0.3, 0.4) is 0 Å². The Kier molecular flexibility index (Phi) is 6.10. The fourth-order valence-corrected chi connectivity index (χ4v) is 5.82. The molecule has 0 radical (unpaired) electrons. The fourth-order valence-electron chi connectivity index (χ4n) is 4.53. The van der Waals surface area contributed by atoms with Gasteiger partial charge in [0, 0.05) is 0 Å². The Morgan fingerprint density at radius 1 is 0.938 bits per heavy atom. The van der Waals surface area contributed by atoms with Crippen LogP contribution in [0, 0.1) is 11.8 Å². The van der Waals surface area contributed by atoms with Crippen LogP contribution in [0.2, 0.25) is 0 Å². The van der Waals surface area contributed by atoms with E-state index in [9.17, 15) is 18.0 Å². The molecule has 2 aliphatic rings. The summed E-state index contributed by atoms with van der Waals surface area (Å²) < 4.78 is 39.4. The van der Waals surface area contributed by atoms with E-state index in [-0.39, 0.29) is 46.5 Å². The van der Waals surface area contributed by atoms with E-state index in [1.54, 1.807) is 30.3 Å². The van der Waals surface area contributed by atoms with E-state index < -0.39 is 10.0 Å². The Balaban J connectivity index is 1.63. The van der Waals surface area contributed by atoms with E-state index in [2.05, 4.69) is 4.72 Å². The monoisotopic (exact) mass is 458 g/mol. The number of fused-ring (bicyclic) bond motifs is 1. The summed E-state index contributed by atoms with van der Waals surface area (Å²) >= 11 is 0. The predicted octanol–water partition coefficient (Wildman–Crippen LogP) is 3.18. The molecule has 0 aromatic heterocycles. The van der Waals surface area contributed by atoms with E-state index in [0.717, 1.165) is 25.7 Å². The van der Waals surface area contributed by atoms with Gasteiger partial charge in [0.2, 0.25) is 11.8 Å². The Morgan fingerprint density at radius 3 is 2.19 bits per heavy atom. The third-order valence-electron chi connectivity index (χ3n) is 6.14. The van der Waals surface area contributed by atoms with E-state index in [4.69, 9.17) is 9.47 Å². The molecule has 1 saturated carbocycles. The second-order valence-corrected chi connectivity index (χ2v) is 9.70. The Bertz CT molecular complexity index is 1120. The zero-order valence-electron chi connectivity index (χ0n) is 18.0. The minimum absolute atomic E-state index is 0.0336. The van der Waals surface area contributed by atoms with Gasteiger partial charge in [0.1, 0.15) is 16.4 Å². The maximum atomic E-state index is 13.2. The van der Waals surface area contributed by atoms with Crippen LogP contribution in [0.25, 0.3) is 0 Å². The first-order valence-electron chi connectivity index (χ1n) is 10.5. The summed E-state index contributed by atoms with van der Waals surface area (Å²) in [6.07, 6.45) is 3.37. The van der Waals surface area contributed by atoms with Gasteiger partial charge >= 0.3 is 0 Å². The van der Waals surface area contributed by atoms with Crippen molar-refractivity contribution < 1.29 is 27.5 Å². The molecule has 2 aromatic rings. The second kappa shape index (κ2) is 8.82. The number of para-hydroxylation sites is 2. The number of rotatable bonds is 7. The van der Waals surface area contributed by atoms with E-state index in [1.165, 1.54) is 31.3 Å². The number of ether oxygens (including phenoxy) is 2. The van der Waals surface area contributed by atoms with Gasteiger partial charge in [-0.25, -0.2) is 8.42 Å². The smallest absolute Gasteiger partial charge is 0.265 e. The van der Waals surface area contributed by atoms with Crippen LogP contribution in [-0.4, -0.2) is 39.4 Å². The summed E-state index contributed by atoms with van der Waals surface area (Å²) in [5, 5.41) is 0. The van der Waals surface area contributed by atoms with Gasteiger partial charge in [-0.1, -0.05) is 31.0 Å². The normalized spacial score (nSPS) is 20.8. The molecule has 2 aromatic carbocycles. The molecular formula is C23H26N2O6S. The summed E-state index contributed by atoms with van der Waals surface area (Å²) in [6, 6.07) is 11.3. The Labute approximate surface area is 187 Å². The average Bonchev–Trinajstić information content (AvgIpc) is 3.04. The van der Waals surface area contributed by atoms with Crippen LogP contribution in [0.4, 0.5) is 5.69 Å². The number of sulfonamides is 1. The summed E-state index contributed by atoms with van der Waals surface area (Å²) in [5.41, 5.74) is 0.822. The standard InChI is InChI=1S/C23H26N2O6S/c1-30-19-10-6-5-9-18(19)24-32(28,29)21-13-15(11-12-20(21)31-2)14-25-22(26)16-7-3-4-8-17(16)23(25)27/h5-6,9-13,16-17,24H,3-4,7-8,14H2,1-2H3/t16-,17-/m0/s1. The lowest BCUT2D eigenvalue weighted by Gasteiger charge is -2.19. The number of methoxy groups -OCH3 is 2. The Hall–Kier alpha value is -3.07. The lowest BCUT2D eigenvalue weighted by molar-refractivity contribution is -0.140. The molecule has 4 rings (SSSR count). The van der Waals surface area contributed by atoms with Crippen molar-refractivity contribution in [3.8, 4) is 11.5 Å². The Morgan fingerprint density at radius 2 is 1.56 bits per heavy atom. The molecule has 9 heteroatoms. The number of nitrogens with one attached hydrogen (secondary N) is 1. The zero-order chi connectivity index (χ0) is 22.9. The van der Waals surface area contributed by atoms with Crippen LogP contribution >= 0.6 is 0 Å². The quantitative estimate of drug-likeness (QED) is 0.640. The molecule has 0 unspecified atom stereocenters. The summed E-state index contributed by atoms with van der Waals surface area (Å²) in [5.74, 6) is -0.278. The molecule has 1 heterocycles. The van der Waals surface area contributed by atoms with Crippen molar-refractivity contribution in [1.29, 1.82) is 0 Å². The highest BCUT2D eigenvalue weighted by atomic mass is 32.2. The van der Waals surface area contributed by atoms with Crippen molar-refractivity contribution in [3.63, 3.8) is 0 Å². The van der Waals surface area contributed by atoms with Gasteiger partial charge < -0.3 is 9.47 Å².